The zero-order valence-corrected chi connectivity index (χ0v) is 21.2. The van der Waals surface area contributed by atoms with Gasteiger partial charge in [0.25, 0.3) is 0 Å². The predicted octanol–water partition coefficient (Wildman–Crippen LogP) is 2.48. The summed E-state index contributed by atoms with van der Waals surface area (Å²) < 4.78 is 6.15. The molecule has 0 saturated carbocycles. The third kappa shape index (κ3) is 6.56. The highest BCUT2D eigenvalue weighted by atomic mass is 16.5. The molecule has 4 heterocycles. The summed E-state index contributed by atoms with van der Waals surface area (Å²) in [6.07, 6.45) is 9.18. The van der Waals surface area contributed by atoms with Gasteiger partial charge in [0.2, 0.25) is 11.8 Å². The van der Waals surface area contributed by atoms with E-state index in [1.807, 2.05) is 41.3 Å². The minimum absolute atomic E-state index is 0.0856. The number of para-hydroxylation sites is 1. The largest absolute Gasteiger partial charge is 0.489 e. The number of hydrogen-bond acceptors (Lipinski definition) is 6. The van der Waals surface area contributed by atoms with Crippen LogP contribution in [0, 0.1) is 11.8 Å². The number of aromatic nitrogens is 1. The molecule has 8 heteroatoms. The fourth-order valence-corrected chi connectivity index (χ4v) is 5.64. The van der Waals surface area contributed by atoms with Gasteiger partial charge < -0.3 is 19.6 Å². The molecule has 5 rings (SSSR count). The van der Waals surface area contributed by atoms with Crippen LogP contribution in [0.5, 0.6) is 5.75 Å². The topological polar surface area (TPSA) is 86.2 Å². The molecule has 2 fully saturated rings. The number of β-amino-alcohol motifs (C(OH)–C–C–N with tert-alkyl or cyclic N) is 1. The second-order valence-corrected chi connectivity index (χ2v) is 10.4. The number of fused-ring (bicyclic) bond motifs is 3. The van der Waals surface area contributed by atoms with Crippen molar-refractivity contribution in [1.29, 1.82) is 0 Å². The Morgan fingerprint density at radius 1 is 1.05 bits per heavy atom. The third-order valence-corrected chi connectivity index (χ3v) is 7.71. The highest BCUT2D eigenvalue weighted by Crippen LogP contribution is 2.30. The summed E-state index contributed by atoms with van der Waals surface area (Å²) in [5.41, 5.74) is 2.15. The normalized spacial score (nSPS) is 25.0. The first-order valence-corrected chi connectivity index (χ1v) is 13.3. The number of nitrogens with zero attached hydrogens (tertiary/aromatic N) is 4. The maximum atomic E-state index is 13.5. The molecule has 8 nitrogen and oxygen atoms in total. The van der Waals surface area contributed by atoms with Gasteiger partial charge in [-0.15, -0.1) is 0 Å². The van der Waals surface area contributed by atoms with Crippen LogP contribution >= 0.6 is 0 Å². The van der Waals surface area contributed by atoms with Gasteiger partial charge in [-0.3, -0.25) is 19.5 Å². The Kier molecular flexibility index (Phi) is 8.16. The lowest BCUT2D eigenvalue weighted by Crippen LogP contribution is -2.47. The minimum Gasteiger partial charge on any atom is -0.489 e. The van der Waals surface area contributed by atoms with Crippen molar-refractivity contribution in [3.8, 4) is 5.75 Å². The van der Waals surface area contributed by atoms with E-state index in [0.29, 0.717) is 65.3 Å². The molecule has 0 radical (unpaired) electrons. The van der Waals surface area contributed by atoms with Crippen molar-refractivity contribution >= 4 is 11.8 Å². The van der Waals surface area contributed by atoms with Crippen molar-refractivity contribution in [2.24, 2.45) is 11.8 Å². The number of aliphatic hydroxyl groups excluding tert-OH is 1. The molecule has 2 saturated heterocycles. The average Bonchev–Trinajstić information content (AvgIpc) is 3.35. The van der Waals surface area contributed by atoms with E-state index in [9.17, 15) is 14.7 Å². The van der Waals surface area contributed by atoms with E-state index in [0.717, 1.165) is 23.3 Å². The van der Waals surface area contributed by atoms with Crippen molar-refractivity contribution < 1.29 is 19.4 Å². The first-order valence-electron chi connectivity index (χ1n) is 13.3. The number of piperidine rings is 1. The lowest BCUT2D eigenvalue weighted by atomic mass is 9.82. The van der Waals surface area contributed by atoms with Crippen molar-refractivity contribution in [2.45, 2.75) is 38.5 Å². The van der Waals surface area contributed by atoms with Crippen LogP contribution in [-0.2, 0) is 22.7 Å². The lowest BCUT2D eigenvalue weighted by molar-refractivity contribution is -0.136. The zero-order valence-electron chi connectivity index (χ0n) is 21.2. The van der Waals surface area contributed by atoms with Gasteiger partial charge in [0, 0.05) is 63.6 Å². The Bertz CT molecular complexity index is 1110. The van der Waals surface area contributed by atoms with E-state index in [1.54, 1.807) is 17.3 Å². The first kappa shape index (κ1) is 25.4. The Morgan fingerprint density at radius 2 is 1.89 bits per heavy atom. The van der Waals surface area contributed by atoms with Crippen LogP contribution < -0.4 is 4.74 Å². The van der Waals surface area contributed by atoms with E-state index in [4.69, 9.17) is 4.74 Å². The van der Waals surface area contributed by atoms with Crippen molar-refractivity contribution in [1.82, 2.24) is 19.7 Å². The summed E-state index contributed by atoms with van der Waals surface area (Å²) in [5, 5.41) is 9.84. The molecular weight excluding hydrogens is 468 g/mol. The number of aliphatic hydroxyl groups is 1. The third-order valence-electron chi connectivity index (χ3n) is 7.71. The summed E-state index contributed by atoms with van der Waals surface area (Å²) >= 11 is 0. The smallest absolute Gasteiger partial charge is 0.236 e. The Labute approximate surface area is 218 Å². The molecule has 196 valence electrons. The van der Waals surface area contributed by atoms with E-state index in [1.165, 1.54) is 0 Å². The second kappa shape index (κ2) is 11.9. The molecule has 37 heavy (non-hydrogen) atoms. The molecule has 2 amide bonds. The summed E-state index contributed by atoms with van der Waals surface area (Å²) in [4.78, 5) is 36.5. The molecule has 0 spiro atoms. The predicted molar refractivity (Wildman–Crippen MR) is 139 cm³/mol. The van der Waals surface area contributed by atoms with E-state index >= 15 is 0 Å². The van der Waals surface area contributed by atoms with E-state index in [2.05, 4.69) is 22.0 Å². The average molecular weight is 505 g/mol. The molecule has 3 aliphatic heterocycles. The molecule has 2 aromatic rings. The van der Waals surface area contributed by atoms with Gasteiger partial charge in [0.15, 0.2) is 0 Å². The van der Waals surface area contributed by atoms with Gasteiger partial charge in [0.1, 0.15) is 12.4 Å². The molecule has 1 N–H and O–H groups in total. The highest BCUT2D eigenvalue weighted by Gasteiger charge is 2.34. The number of amides is 2. The Balaban J connectivity index is 1.34. The van der Waals surface area contributed by atoms with Gasteiger partial charge >= 0.3 is 0 Å². The van der Waals surface area contributed by atoms with Gasteiger partial charge in [0.05, 0.1) is 12.6 Å². The maximum Gasteiger partial charge on any atom is 0.236 e. The van der Waals surface area contributed by atoms with Crippen molar-refractivity contribution in [2.75, 3.05) is 39.3 Å². The number of hydrogen-bond donors (Lipinski definition) is 1. The molecular formula is C29H36N4O4. The van der Waals surface area contributed by atoms with Gasteiger partial charge in [-0.2, -0.15) is 0 Å². The van der Waals surface area contributed by atoms with Gasteiger partial charge in [-0.25, -0.2) is 0 Å². The van der Waals surface area contributed by atoms with Crippen molar-refractivity contribution in [3.63, 3.8) is 0 Å². The first-order chi connectivity index (χ1) is 18.0. The number of carbonyl (C=O) groups is 2. The van der Waals surface area contributed by atoms with Crippen LogP contribution in [-0.4, -0.2) is 82.0 Å². The SMILES string of the molecule is O=C(C[C@@H]1CCN2C[C@@H]1C=CCOc1ccccc1CN(Cc1ccncc1)CC2=O)N1CC[C@@H](O)C1. The quantitative estimate of drug-likeness (QED) is 0.644. The maximum absolute atomic E-state index is 13.5. The number of carbonyl (C=O) groups excluding carboxylic acids is 2. The van der Waals surface area contributed by atoms with Crippen molar-refractivity contribution in [3.05, 3.63) is 72.1 Å². The number of rotatable bonds is 4. The molecule has 1 aromatic carbocycles. The fraction of sp³-hybridized carbons (Fsp3) is 0.483. The fourth-order valence-electron chi connectivity index (χ4n) is 5.64. The summed E-state index contributed by atoms with van der Waals surface area (Å²) in [6, 6.07) is 12.0. The molecule has 2 bridgehead atoms. The van der Waals surface area contributed by atoms with Crippen LogP contribution in [0.2, 0.25) is 0 Å². The monoisotopic (exact) mass is 504 g/mol. The van der Waals surface area contributed by atoms with E-state index in [-0.39, 0.29) is 23.7 Å². The van der Waals surface area contributed by atoms with Crippen LogP contribution in [0.25, 0.3) is 0 Å². The zero-order chi connectivity index (χ0) is 25.6. The summed E-state index contributed by atoms with van der Waals surface area (Å²) in [5.74, 6) is 1.28. The second-order valence-electron chi connectivity index (χ2n) is 10.4. The molecule has 0 unspecified atom stereocenters. The van der Waals surface area contributed by atoms with Gasteiger partial charge in [-0.1, -0.05) is 30.4 Å². The Hall–Kier alpha value is -3.23. The number of benzene rings is 1. The number of pyridine rings is 1. The summed E-state index contributed by atoms with van der Waals surface area (Å²) in [6.45, 7) is 4.29. The van der Waals surface area contributed by atoms with Crippen LogP contribution in [0.15, 0.2) is 60.9 Å². The standard InChI is InChI=1S/C29H36N4O4/c34-26-10-14-33(20-26)28(35)16-23-9-13-32-19-24(23)5-3-15-37-27-6-2-1-4-25(27)18-31(21-29(32)36)17-22-7-11-30-12-8-22/h1-8,11-12,23-24,26,34H,9-10,13-21H2/t23-,24-,26+/m0/s1. The van der Waals surface area contributed by atoms with Crippen LogP contribution in [0.4, 0.5) is 0 Å². The van der Waals surface area contributed by atoms with E-state index < -0.39 is 6.10 Å². The molecule has 1 aromatic heterocycles. The highest BCUT2D eigenvalue weighted by molar-refractivity contribution is 5.79. The summed E-state index contributed by atoms with van der Waals surface area (Å²) in [7, 11) is 0. The number of ether oxygens (including phenoxy) is 1. The molecule has 3 aliphatic rings. The van der Waals surface area contributed by atoms with Crippen LogP contribution in [0.3, 0.4) is 0 Å². The molecule has 0 aliphatic carbocycles. The minimum atomic E-state index is -0.413. The van der Waals surface area contributed by atoms with Gasteiger partial charge in [-0.05, 0) is 48.4 Å². The Morgan fingerprint density at radius 3 is 2.70 bits per heavy atom. The lowest BCUT2D eigenvalue weighted by Gasteiger charge is -2.38. The van der Waals surface area contributed by atoms with Crippen LogP contribution in [0.1, 0.15) is 30.4 Å². The number of likely N-dealkylation sites (tertiary alicyclic amines) is 1. The molecule has 3 atom stereocenters.